The van der Waals surface area contributed by atoms with Gasteiger partial charge in [0.15, 0.2) is 0 Å². The maximum Gasteiger partial charge on any atom is 0.241 e. The van der Waals surface area contributed by atoms with Gasteiger partial charge in [-0.1, -0.05) is 34.8 Å². The lowest BCUT2D eigenvalue weighted by Gasteiger charge is -2.20. The van der Waals surface area contributed by atoms with E-state index in [-0.39, 0.29) is 17.1 Å². The Labute approximate surface area is 138 Å². The number of halogens is 2. The Morgan fingerprint density at radius 2 is 2.14 bits per heavy atom. The lowest BCUT2D eigenvalue weighted by molar-refractivity contribution is -0.126. The molecule has 1 N–H and O–H groups in total. The topological polar surface area (TPSA) is 52.9 Å². The highest BCUT2D eigenvalue weighted by molar-refractivity contribution is 9.10. The van der Waals surface area contributed by atoms with E-state index in [2.05, 4.69) is 27.3 Å². The number of rotatable bonds is 3. The zero-order valence-corrected chi connectivity index (χ0v) is 14.0. The summed E-state index contributed by atoms with van der Waals surface area (Å²) in [5, 5.41) is 12.4. The van der Waals surface area contributed by atoms with Gasteiger partial charge < -0.3 is 5.32 Å². The van der Waals surface area contributed by atoms with Crippen molar-refractivity contribution in [3.63, 3.8) is 0 Å². The van der Waals surface area contributed by atoms with Crippen molar-refractivity contribution in [2.45, 2.75) is 45.1 Å². The molecular weight excluding hydrogens is 347 g/mol. The van der Waals surface area contributed by atoms with E-state index in [0.717, 1.165) is 25.7 Å². The van der Waals surface area contributed by atoms with E-state index in [0.29, 0.717) is 16.5 Å². The second-order valence-corrected chi connectivity index (χ2v) is 7.46. The molecule has 3 rings (SSSR count). The van der Waals surface area contributed by atoms with E-state index in [1.165, 1.54) is 6.07 Å². The summed E-state index contributed by atoms with van der Waals surface area (Å²) in [6.07, 6.45) is 4.74. The maximum absolute atomic E-state index is 14.0. The molecule has 1 aromatic carbocycles. The number of benzene rings is 1. The first-order valence-corrected chi connectivity index (χ1v) is 8.41. The molecule has 2 atom stereocenters. The SMILES string of the molecule is C[C@H](NC(=O)C1(C#N)CC12CCCC2)c1ccc(Br)cc1F. The third-order valence-corrected chi connectivity index (χ3v) is 5.79. The molecule has 2 saturated carbocycles. The minimum atomic E-state index is -0.899. The minimum absolute atomic E-state index is 0.121. The van der Waals surface area contributed by atoms with Crippen LogP contribution < -0.4 is 5.32 Å². The van der Waals surface area contributed by atoms with E-state index in [1.807, 2.05) is 0 Å². The van der Waals surface area contributed by atoms with E-state index in [4.69, 9.17) is 0 Å². The fraction of sp³-hybridized carbons (Fsp3) is 0.529. The van der Waals surface area contributed by atoms with Crippen molar-refractivity contribution < 1.29 is 9.18 Å². The molecule has 2 aliphatic carbocycles. The van der Waals surface area contributed by atoms with Gasteiger partial charge in [0.05, 0.1) is 12.1 Å². The summed E-state index contributed by atoms with van der Waals surface area (Å²) in [6, 6.07) is 6.58. The van der Waals surface area contributed by atoms with Crippen molar-refractivity contribution in [1.29, 1.82) is 5.26 Å². The number of nitrogens with zero attached hydrogens (tertiary/aromatic N) is 1. The van der Waals surface area contributed by atoms with Gasteiger partial charge in [-0.05, 0) is 38.3 Å². The van der Waals surface area contributed by atoms with E-state index in [9.17, 15) is 14.4 Å². The van der Waals surface area contributed by atoms with Crippen LogP contribution in [0, 0.1) is 28.0 Å². The first-order valence-electron chi connectivity index (χ1n) is 7.61. The smallest absolute Gasteiger partial charge is 0.241 e. The molecule has 1 aromatic rings. The van der Waals surface area contributed by atoms with E-state index < -0.39 is 11.5 Å². The molecule has 2 aliphatic rings. The van der Waals surface area contributed by atoms with Crippen molar-refractivity contribution in [2.75, 3.05) is 0 Å². The number of nitrogens with one attached hydrogen (secondary N) is 1. The van der Waals surface area contributed by atoms with Crippen LogP contribution in [0.5, 0.6) is 0 Å². The third kappa shape index (κ3) is 2.25. The molecule has 0 aliphatic heterocycles. The highest BCUT2D eigenvalue weighted by Gasteiger charge is 2.72. The maximum atomic E-state index is 14.0. The fourth-order valence-electron chi connectivity index (χ4n) is 3.90. The van der Waals surface area contributed by atoms with Gasteiger partial charge in [-0.2, -0.15) is 5.26 Å². The lowest BCUT2D eigenvalue weighted by Crippen LogP contribution is -2.36. The molecule has 2 fully saturated rings. The van der Waals surface area contributed by atoms with Gasteiger partial charge in [-0.15, -0.1) is 0 Å². The van der Waals surface area contributed by atoms with Gasteiger partial charge >= 0.3 is 0 Å². The van der Waals surface area contributed by atoms with Gasteiger partial charge in [0.1, 0.15) is 11.2 Å². The van der Waals surface area contributed by atoms with Gasteiger partial charge in [-0.25, -0.2) is 4.39 Å². The second kappa shape index (κ2) is 5.34. The Morgan fingerprint density at radius 1 is 1.45 bits per heavy atom. The first kappa shape index (κ1) is 15.5. The van der Waals surface area contributed by atoms with Gasteiger partial charge in [0.2, 0.25) is 5.91 Å². The molecule has 1 unspecified atom stereocenters. The molecular formula is C17H18BrFN2O. The van der Waals surface area contributed by atoms with Crippen LogP contribution in [0.2, 0.25) is 0 Å². The average Bonchev–Trinajstić information content (AvgIpc) is 2.85. The van der Waals surface area contributed by atoms with Crippen molar-refractivity contribution in [3.8, 4) is 6.07 Å². The summed E-state index contributed by atoms with van der Waals surface area (Å²) in [4.78, 5) is 12.6. The fourth-order valence-corrected chi connectivity index (χ4v) is 4.23. The normalized spacial score (nSPS) is 26.5. The zero-order chi connectivity index (χ0) is 16.0. The highest BCUT2D eigenvalue weighted by Crippen LogP contribution is 2.71. The van der Waals surface area contributed by atoms with E-state index >= 15 is 0 Å². The number of nitriles is 1. The minimum Gasteiger partial charge on any atom is -0.348 e. The molecule has 22 heavy (non-hydrogen) atoms. The van der Waals surface area contributed by atoms with Gasteiger partial charge in [-0.3, -0.25) is 4.79 Å². The van der Waals surface area contributed by atoms with Crippen molar-refractivity contribution in [3.05, 3.63) is 34.1 Å². The van der Waals surface area contributed by atoms with Crippen LogP contribution in [-0.4, -0.2) is 5.91 Å². The number of amides is 1. The average molecular weight is 365 g/mol. The Kier molecular flexibility index (Phi) is 3.76. The molecule has 0 bridgehead atoms. The molecule has 0 radical (unpaired) electrons. The third-order valence-electron chi connectivity index (χ3n) is 5.30. The summed E-state index contributed by atoms with van der Waals surface area (Å²) in [5.74, 6) is -0.605. The van der Waals surface area contributed by atoms with E-state index in [1.54, 1.807) is 19.1 Å². The molecule has 1 amide bonds. The quantitative estimate of drug-likeness (QED) is 0.871. The summed E-state index contributed by atoms with van der Waals surface area (Å²) >= 11 is 3.22. The first-order chi connectivity index (χ1) is 10.4. The predicted octanol–water partition coefficient (Wildman–Crippen LogP) is 4.24. The van der Waals surface area contributed by atoms with Gasteiger partial charge in [0.25, 0.3) is 0 Å². The highest BCUT2D eigenvalue weighted by atomic mass is 79.9. The number of hydrogen-bond donors (Lipinski definition) is 1. The van der Waals surface area contributed by atoms with Crippen LogP contribution in [0.15, 0.2) is 22.7 Å². The van der Waals surface area contributed by atoms with Crippen LogP contribution in [0.4, 0.5) is 4.39 Å². The Balaban J connectivity index is 1.76. The van der Waals surface area contributed by atoms with Gasteiger partial charge in [0, 0.05) is 15.5 Å². The van der Waals surface area contributed by atoms with Crippen molar-refractivity contribution >= 4 is 21.8 Å². The Bertz CT molecular complexity index is 663. The Morgan fingerprint density at radius 3 is 2.73 bits per heavy atom. The summed E-state index contributed by atoms with van der Waals surface area (Å²) < 4.78 is 14.7. The predicted molar refractivity (Wildman–Crippen MR) is 84.2 cm³/mol. The second-order valence-electron chi connectivity index (χ2n) is 6.54. The monoisotopic (exact) mass is 364 g/mol. The van der Waals surface area contributed by atoms with Crippen LogP contribution in [-0.2, 0) is 4.79 Å². The molecule has 0 saturated heterocycles. The van der Waals surface area contributed by atoms with Crippen LogP contribution in [0.25, 0.3) is 0 Å². The molecule has 116 valence electrons. The standard InChI is InChI=1S/C17H18BrFN2O/c1-11(13-5-4-12(18)8-14(13)19)21-15(22)17(10-20)9-16(17)6-2-3-7-16/h4-5,8,11H,2-3,6-7,9H2,1H3,(H,21,22)/t11-,17?/m0/s1. The molecule has 0 aromatic heterocycles. The molecule has 1 spiro atoms. The molecule has 3 nitrogen and oxygen atoms in total. The summed E-state index contributed by atoms with van der Waals surface area (Å²) in [6.45, 7) is 1.75. The van der Waals surface area contributed by atoms with Crippen molar-refractivity contribution in [1.82, 2.24) is 5.32 Å². The zero-order valence-electron chi connectivity index (χ0n) is 12.5. The number of hydrogen-bond acceptors (Lipinski definition) is 2. The Hall–Kier alpha value is -1.41. The number of carbonyl (C=O) groups is 1. The molecule has 5 heteroatoms. The summed E-state index contributed by atoms with van der Waals surface area (Å²) in [5.41, 5.74) is -0.585. The summed E-state index contributed by atoms with van der Waals surface area (Å²) in [7, 11) is 0. The molecule has 0 heterocycles. The van der Waals surface area contributed by atoms with Crippen LogP contribution in [0.1, 0.15) is 50.6 Å². The van der Waals surface area contributed by atoms with Crippen LogP contribution >= 0.6 is 15.9 Å². The lowest BCUT2D eigenvalue weighted by atomic mass is 9.91. The number of carbonyl (C=O) groups excluding carboxylic acids is 1. The largest absolute Gasteiger partial charge is 0.348 e. The van der Waals surface area contributed by atoms with Crippen LogP contribution in [0.3, 0.4) is 0 Å². The van der Waals surface area contributed by atoms with Crippen molar-refractivity contribution in [2.24, 2.45) is 10.8 Å².